The lowest BCUT2D eigenvalue weighted by Gasteiger charge is -2.16. The molecule has 190 valence electrons. The maximum absolute atomic E-state index is 12.8. The molecule has 0 heterocycles. The summed E-state index contributed by atoms with van der Waals surface area (Å²) in [6, 6.07) is 30.7. The number of rotatable bonds is 8. The van der Waals surface area contributed by atoms with Gasteiger partial charge in [-0.15, -0.1) is 0 Å². The molecule has 0 amide bonds. The van der Waals surface area contributed by atoms with Crippen molar-refractivity contribution < 1.29 is 19.4 Å². The first-order valence-electron chi connectivity index (χ1n) is 12.6. The van der Waals surface area contributed by atoms with Crippen molar-refractivity contribution in [1.29, 1.82) is 0 Å². The number of nitrogens with zero attached hydrogens (tertiary/aromatic N) is 1. The van der Waals surface area contributed by atoms with Crippen LogP contribution in [0.25, 0.3) is 32.7 Å². The predicted molar refractivity (Wildman–Crippen MR) is 153 cm³/mol. The van der Waals surface area contributed by atoms with E-state index in [-0.39, 0.29) is 18.3 Å². The Bertz CT molecular complexity index is 1620. The third-order valence-corrected chi connectivity index (χ3v) is 6.63. The van der Waals surface area contributed by atoms with Gasteiger partial charge in [0.1, 0.15) is 11.5 Å². The van der Waals surface area contributed by atoms with E-state index in [1.54, 1.807) is 44.5 Å². The highest BCUT2D eigenvalue weighted by molar-refractivity contribution is 6.13. The van der Waals surface area contributed by atoms with Gasteiger partial charge in [-0.1, -0.05) is 78.9 Å². The van der Waals surface area contributed by atoms with Crippen molar-refractivity contribution in [1.82, 2.24) is 0 Å². The number of ether oxygens (including phenoxy) is 2. The first-order valence-corrected chi connectivity index (χ1v) is 12.6. The number of aliphatic imine (C=N–C) groups is 1. The van der Waals surface area contributed by atoms with Gasteiger partial charge in [-0.05, 0) is 57.8 Å². The molecule has 0 radical (unpaired) electrons. The summed E-state index contributed by atoms with van der Waals surface area (Å²) in [5.74, 6) is 0.588. The minimum absolute atomic E-state index is 0.178. The fraction of sp³-hybridized carbons (Fsp3) is 0.152. The molecule has 38 heavy (non-hydrogen) atoms. The number of carbonyl (C=O) groups excluding carboxylic acids is 1. The number of hydrogen-bond donors (Lipinski definition) is 1. The minimum Gasteiger partial charge on any atom is -0.508 e. The number of fused-ring (bicyclic) bond motifs is 2. The van der Waals surface area contributed by atoms with Gasteiger partial charge in [0.15, 0.2) is 6.04 Å². The third kappa shape index (κ3) is 5.09. The molecule has 0 aliphatic carbocycles. The monoisotopic (exact) mass is 503 g/mol. The SMILES string of the molecule is CCOC(=O)[C@H](Cc1ccc(O)cc1)N=Cc1cccc2cccc(-c3c(OC)ccc4ccccc34)c12. The van der Waals surface area contributed by atoms with Crippen LogP contribution < -0.4 is 4.74 Å². The largest absolute Gasteiger partial charge is 0.508 e. The number of benzene rings is 5. The van der Waals surface area contributed by atoms with E-state index in [1.807, 2.05) is 36.4 Å². The first kappa shape index (κ1) is 25.0. The van der Waals surface area contributed by atoms with Crippen LogP contribution in [0.3, 0.4) is 0 Å². The lowest BCUT2D eigenvalue weighted by Crippen LogP contribution is -2.24. The number of methoxy groups -OCH3 is 1. The van der Waals surface area contributed by atoms with Crippen LogP contribution >= 0.6 is 0 Å². The maximum atomic E-state index is 12.8. The zero-order valence-electron chi connectivity index (χ0n) is 21.4. The molecule has 0 fully saturated rings. The number of aromatic hydroxyl groups is 1. The molecular formula is C33H29NO4. The molecule has 0 saturated carbocycles. The summed E-state index contributed by atoms with van der Waals surface area (Å²) in [6.45, 7) is 2.06. The Balaban J connectivity index is 1.63. The van der Waals surface area contributed by atoms with Crippen LogP contribution in [0, 0.1) is 0 Å². The van der Waals surface area contributed by atoms with E-state index in [2.05, 4.69) is 36.4 Å². The minimum atomic E-state index is -0.714. The summed E-state index contributed by atoms with van der Waals surface area (Å²) in [7, 11) is 1.69. The van der Waals surface area contributed by atoms with Crippen LogP contribution in [-0.4, -0.2) is 37.0 Å². The summed E-state index contributed by atoms with van der Waals surface area (Å²) in [5.41, 5.74) is 3.83. The molecule has 0 saturated heterocycles. The predicted octanol–water partition coefficient (Wildman–Crippen LogP) is 6.97. The van der Waals surface area contributed by atoms with Crippen molar-refractivity contribution in [2.24, 2.45) is 4.99 Å². The van der Waals surface area contributed by atoms with E-state index in [1.165, 1.54) is 0 Å². The second kappa shape index (κ2) is 11.2. The van der Waals surface area contributed by atoms with Gasteiger partial charge in [-0.3, -0.25) is 4.99 Å². The van der Waals surface area contributed by atoms with Crippen molar-refractivity contribution in [3.05, 3.63) is 108 Å². The fourth-order valence-electron chi connectivity index (χ4n) is 4.85. The highest BCUT2D eigenvalue weighted by Crippen LogP contribution is 2.41. The van der Waals surface area contributed by atoms with Gasteiger partial charge in [0, 0.05) is 23.8 Å². The second-order valence-electron chi connectivity index (χ2n) is 9.03. The van der Waals surface area contributed by atoms with E-state index in [0.717, 1.165) is 49.5 Å². The molecule has 1 atom stereocenters. The molecule has 0 aromatic heterocycles. The lowest BCUT2D eigenvalue weighted by atomic mass is 9.91. The Hall–Kier alpha value is -4.64. The molecule has 0 spiro atoms. The number of carbonyl (C=O) groups is 1. The van der Waals surface area contributed by atoms with Gasteiger partial charge in [-0.2, -0.15) is 0 Å². The normalized spacial score (nSPS) is 12.2. The summed E-state index contributed by atoms with van der Waals surface area (Å²) in [6.07, 6.45) is 2.13. The van der Waals surface area contributed by atoms with Crippen LogP contribution in [0.2, 0.25) is 0 Å². The Labute approximate surface area is 222 Å². The standard InChI is InChI=1S/C33H29NO4/c1-3-38-33(36)29(20-22-14-17-26(35)18-15-22)34-21-25-11-6-9-24-10-7-13-28(31(24)25)32-27-12-5-4-8-23(27)16-19-30(32)37-2/h4-19,21,29,35H,3,20H2,1-2H3/t29-/m0/s1. The van der Waals surface area contributed by atoms with Gasteiger partial charge < -0.3 is 14.6 Å². The Morgan fingerprint density at radius 2 is 1.63 bits per heavy atom. The molecular weight excluding hydrogens is 474 g/mol. The zero-order chi connectivity index (χ0) is 26.5. The smallest absolute Gasteiger partial charge is 0.331 e. The molecule has 1 N–H and O–H groups in total. The molecule has 0 bridgehead atoms. The summed E-state index contributed by atoms with van der Waals surface area (Å²) in [4.78, 5) is 17.5. The Morgan fingerprint density at radius 1 is 0.895 bits per heavy atom. The lowest BCUT2D eigenvalue weighted by molar-refractivity contribution is -0.144. The molecule has 0 aliphatic rings. The number of esters is 1. The highest BCUT2D eigenvalue weighted by Gasteiger charge is 2.20. The molecule has 5 nitrogen and oxygen atoms in total. The van der Waals surface area contributed by atoms with Crippen LogP contribution in [0.1, 0.15) is 18.1 Å². The molecule has 5 aromatic carbocycles. The van der Waals surface area contributed by atoms with Gasteiger partial charge >= 0.3 is 5.97 Å². The maximum Gasteiger partial charge on any atom is 0.331 e. The van der Waals surface area contributed by atoms with E-state index >= 15 is 0 Å². The summed E-state index contributed by atoms with van der Waals surface area (Å²) in [5, 5.41) is 13.9. The molecule has 0 unspecified atom stereocenters. The Kier molecular flexibility index (Phi) is 7.36. The van der Waals surface area contributed by atoms with Crippen LogP contribution in [0.5, 0.6) is 11.5 Å². The van der Waals surface area contributed by atoms with E-state index in [9.17, 15) is 9.90 Å². The number of phenols is 1. The van der Waals surface area contributed by atoms with Crippen molar-refractivity contribution in [2.75, 3.05) is 13.7 Å². The number of phenolic OH excluding ortho intramolecular Hbond substituents is 1. The van der Waals surface area contributed by atoms with Gasteiger partial charge in [0.25, 0.3) is 0 Å². The quantitative estimate of drug-likeness (QED) is 0.183. The average Bonchev–Trinajstić information content (AvgIpc) is 2.95. The molecule has 5 aromatic rings. The molecule has 5 rings (SSSR count). The molecule has 5 heteroatoms. The van der Waals surface area contributed by atoms with Crippen molar-refractivity contribution in [3.63, 3.8) is 0 Å². The van der Waals surface area contributed by atoms with Crippen molar-refractivity contribution >= 4 is 33.7 Å². The summed E-state index contributed by atoms with van der Waals surface area (Å²) >= 11 is 0. The van der Waals surface area contributed by atoms with Crippen molar-refractivity contribution in [3.8, 4) is 22.6 Å². The summed E-state index contributed by atoms with van der Waals surface area (Å²) < 4.78 is 11.1. The van der Waals surface area contributed by atoms with E-state index in [4.69, 9.17) is 14.5 Å². The van der Waals surface area contributed by atoms with E-state index < -0.39 is 6.04 Å². The van der Waals surface area contributed by atoms with Gasteiger partial charge in [0.05, 0.1) is 13.7 Å². The first-order chi connectivity index (χ1) is 18.6. The van der Waals surface area contributed by atoms with Crippen molar-refractivity contribution in [2.45, 2.75) is 19.4 Å². The van der Waals surface area contributed by atoms with Gasteiger partial charge in [-0.25, -0.2) is 4.79 Å². The average molecular weight is 504 g/mol. The topological polar surface area (TPSA) is 68.1 Å². The third-order valence-electron chi connectivity index (χ3n) is 6.63. The zero-order valence-corrected chi connectivity index (χ0v) is 21.4. The van der Waals surface area contributed by atoms with Crippen LogP contribution in [0.4, 0.5) is 0 Å². The fourth-order valence-corrected chi connectivity index (χ4v) is 4.85. The Morgan fingerprint density at radius 3 is 2.39 bits per heavy atom. The van der Waals surface area contributed by atoms with Crippen LogP contribution in [0.15, 0.2) is 102 Å². The van der Waals surface area contributed by atoms with E-state index in [0.29, 0.717) is 6.42 Å². The second-order valence-corrected chi connectivity index (χ2v) is 9.03. The number of hydrogen-bond acceptors (Lipinski definition) is 5. The molecule has 0 aliphatic heterocycles. The van der Waals surface area contributed by atoms with Gasteiger partial charge in [0.2, 0.25) is 0 Å². The highest BCUT2D eigenvalue weighted by atomic mass is 16.5. The van der Waals surface area contributed by atoms with Crippen LogP contribution in [-0.2, 0) is 16.0 Å².